The highest BCUT2D eigenvalue weighted by molar-refractivity contribution is 5.98. The van der Waals surface area contributed by atoms with Gasteiger partial charge in [-0.2, -0.15) is 0 Å². The van der Waals surface area contributed by atoms with Gasteiger partial charge in [-0.05, 0) is 13.8 Å². The fourth-order valence-electron chi connectivity index (χ4n) is 0.935. The Morgan fingerprint density at radius 3 is 1.53 bits per heavy atom. The summed E-state index contributed by atoms with van der Waals surface area (Å²) in [7, 11) is 0. The van der Waals surface area contributed by atoms with Crippen molar-refractivity contribution < 1.29 is 19.8 Å². The van der Waals surface area contributed by atoms with Crippen LogP contribution in [0, 0.1) is 29.1 Å². The highest BCUT2D eigenvalue weighted by Crippen LogP contribution is 2.26. The van der Waals surface area contributed by atoms with Crippen LogP contribution in [0.1, 0.15) is 26.7 Å². The maximum absolute atomic E-state index is 11.0. The van der Waals surface area contributed by atoms with Crippen LogP contribution in [-0.4, -0.2) is 22.2 Å². The molecule has 0 unspecified atom stereocenters. The zero-order valence-corrected chi connectivity index (χ0v) is 8.63. The topological polar surface area (TPSA) is 74.6 Å². The molecule has 0 amide bonds. The normalized spacial score (nSPS) is 9.20. The standard InChI is InChI=1S/C11H12O4/c1-3-5-7-11(9(12)13,10(14)15)8-6-4-2/h7-8H2,1-2H3,(H,12,13)(H,14,15). The number of aliphatic carboxylic acids is 2. The molecule has 0 radical (unpaired) electrons. The van der Waals surface area contributed by atoms with Gasteiger partial charge in [-0.15, -0.1) is 23.7 Å². The molecule has 0 saturated carbocycles. The third kappa shape index (κ3) is 3.03. The van der Waals surface area contributed by atoms with Gasteiger partial charge in [0.05, 0.1) is 0 Å². The molecule has 15 heavy (non-hydrogen) atoms. The lowest BCUT2D eigenvalue weighted by atomic mass is 9.81. The summed E-state index contributed by atoms with van der Waals surface area (Å²) in [5.74, 6) is 7.13. The van der Waals surface area contributed by atoms with Gasteiger partial charge in [-0.1, -0.05) is 0 Å². The highest BCUT2D eigenvalue weighted by Gasteiger charge is 2.45. The molecule has 2 N–H and O–H groups in total. The zero-order chi connectivity index (χ0) is 11.9. The maximum Gasteiger partial charge on any atom is 0.323 e. The molecule has 0 atom stereocenters. The lowest BCUT2D eigenvalue weighted by Crippen LogP contribution is -2.38. The Balaban J connectivity index is 5.19. The molecule has 0 fully saturated rings. The largest absolute Gasteiger partial charge is 0.480 e. The molecule has 0 aromatic carbocycles. The predicted molar refractivity (Wildman–Crippen MR) is 53.8 cm³/mol. The maximum atomic E-state index is 11.0. The van der Waals surface area contributed by atoms with Crippen LogP contribution in [0.15, 0.2) is 0 Å². The Kier molecular flexibility index (Phi) is 4.98. The van der Waals surface area contributed by atoms with Gasteiger partial charge in [-0.3, -0.25) is 9.59 Å². The van der Waals surface area contributed by atoms with Gasteiger partial charge >= 0.3 is 11.9 Å². The summed E-state index contributed by atoms with van der Waals surface area (Å²) >= 11 is 0. The van der Waals surface area contributed by atoms with Crippen LogP contribution < -0.4 is 0 Å². The third-order valence-electron chi connectivity index (χ3n) is 1.95. The van der Waals surface area contributed by atoms with Crippen LogP contribution in [0.2, 0.25) is 0 Å². The Morgan fingerprint density at radius 2 is 1.33 bits per heavy atom. The van der Waals surface area contributed by atoms with Gasteiger partial charge in [-0.25, -0.2) is 0 Å². The van der Waals surface area contributed by atoms with Gasteiger partial charge in [0, 0.05) is 12.8 Å². The minimum atomic E-state index is -1.91. The summed E-state index contributed by atoms with van der Waals surface area (Å²) in [6.45, 7) is 3.06. The molecule has 0 bridgehead atoms. The molecule has 4 heteroatoms. The number of rotatable bonds is 4. The van der Waals surface area contributed by atoms with Crippen molar-refractivity contribution in [3.05, 3.63) is 0 Å². The van der Waals surface area contributed by atoms with E-state index in [1.165, 1.54) is 13.8 Å². The van der Waals surface area contributed by atoms with E-state index in [2.05, 4.69) is 23.7 Å². The number of carbonyl (C=O) groups is 2. The van der Waals surface area contributed by atoms with Crippen LogP contribution in [0.3, 0.4) is 0 Å². The average Bonchev–Trinajstić information content (AvgIpc) is 2.17. The number of hydrogen-bond acceptors (Lipinski definition) is 2. The molecule has 0 aliphatic heterocycles. The van der Waals surface area contributed by atoms with Crippen molar-refractivity contribution in [2.45, 2.75) is 26.7 Å². The fraction of sp³-hybridized carbons (Fsp3) is 0.455. The van der Waals surface area contributed by atoms with Crippen molar-refractivity contribution in [2.75, 3.05) is 0 Å². The lowest BCUT2D eigenvalue weighted by Gasteiger charge is -2.19. The van der Waals surface area contributed by atoms with Crippen LogP contribution in [0.4, 0.5) is 0 Å². The summed E-state index contributed by atoms with van der Waals surface area (Å²) in [4.78, 5) is 21.9. The highest BCUT2D eigenvalue weighted by atomic mass is 16.4. The first-order valence-corrected chi connectivity index (χ1v) is 4.27. The molecule has 0 aromatic heterocycles. The van der Waals surface area contributed by atoms with E-state index >= 15 is 0 Å². The second-order valence-electron chi connectivity index (χ2n) is 2.90. The summed E-state index contributed by atoms with van der Waals surface area (Å²) in [6.07, 6.45) is -0.467. The van der Waals surface area contributed by atoms with Crippen molar-refractivity contribution in [1.29, 1.82) is 0 Å². The molecule has 0 heterocycles. The average molecular weight is 208 g/mol. The SMILES string of the molecule is CC#CCC(CC#CC)(C(=O)O)C(=O)O. The van der Waals surface area contributed by atoms with Crippen molar-refractivity contribution >= 4 is 11.9 Å². The minimum absolute atomic E-state index is 0.233. The smallest absolute Gasteiger partial charge is 0.323 e. The molecule has 0 aliphatic rings. The van der Waals surface area contributed by atoms with E-state index in [1.54, 1.807) is 0 Å². The summed E-state index contributed by atoms with van der Waals surface area (Å²) in [5.41, 5.74) is -1.91. The minimum Gasteiger partial charge on any atom is -0.480 e. The summed E-state index contributed by atoms with van der Waals surface area (Å²) in [5, 5.41) is 17.9. The predicted octanol–water partition coefficient (Wildman–Crippen LogP) is 0.969. The number of hydrogen-bond donors (Lipinski definition) is 2. The Labute approximate surface area is 88.3 Å². The fourth-order valence-corrected chi connectivity index (χ4v) is 0.935. The molecular weight excluding hydrogens is 196 g/mol. The first-order chi connectivity index (χ1) is 7.01. The van der Waals surface area contributed by atoms with E-state index in [0.717, 1.165) is 0 Å². The van der Waals surface area contributed by atoms with Gasteiger partial charge in [0.15, 0.2) is 5.41 Å². The molecule has 0 spiro atoms. The van der Waals surface area contributed by atoms with E-state index in [9.17, 15) is 9.59 Å². The van der Waals surface area contributed by atoms with E-state index < -0.39 is 17.4 Å². The zero-order valence-electron chi connectivity index (χ0n) is 8.63. The van der Waals surface area contributed by atoms with Crippen LogP contribution in [0.25, 0.3) is 0 Å². The monoisotopic (exact) mass is 208 g/mol. The second-order valence-corrected chi connectivity index (χ2v) is 2.90. The van der Waals surface area contributed by atoms with Gasteiger partial charge in [0.25, 0.3) is 0 Å². The van der Waals surface area contributed by atoms with Crippen molar-refractivity contribution in [3.8, 4) is 23.7 Å². The molecule has 80 valence electrons. The molecule has 0 aliphatic carbocycles. The number of carboxylic acid groups (broad SMARTS) is 2. The second kappa shape index (κ2) is 5.72. The van der Waals surface area contributed by atoms with Crippen LogP contribution in [-0.2, 0) is 9.59 Å². The van der Waals surface area contributed by atoms with Gasteiger partial charge in [0.1, 0.15) is 0 Å². The number of carboxylic acids is 2. The summed E-state index contributed by atoms with van der Waals surface area (Å²) < 4.78 is 0. The molecule has 0 rings (SSSR count). The Morgan fingerprint density at radius 1 is 1.00 bits per heavy atom. The molecule has 0 saturated heterocycles. The third-order valence-corrected chi connectivity index (χ3v) is 1.95. The van der Waals surface area contributed by atoms with Gasteiger partial charge in [0.2, 0.25) is 0 Å². The molecular formula is C11H12O4. The van der Waals surface area contributed by atoms with Crippen molar-refractivity contribution in [1.82, 2.24) is 0 Å². The molecule has 0 aromatic rings. The van der Waals surface area contributed by atoms with E-state index in [4.69, 9.17) is 10.2 Å². The van der Waals surface area contributed by atoms with E-state index in [0.29, 0.717) is 0 Å². The molecule has 4 nitrogen and oxygen atoms in total. The first kappa shape index (κ1) is 13.1. The summed E-state index contributed by atoms with van der Waals surface area (Å²) in [6, 6.07) is 0. The quantitative estimate of drug-likeness (QED) is 0.533. The van der Waals surface area contributed by atoms with Crippen molar-refractivity contribution in [2.24, 2.45) is 5.41 Å². The lowest BCUT2D eigenvalue weighted by molar-refractivity contribution is -0.163. The van der Waals surface area contributed by atoms with Crippen LogP contribution >= 0.6 is 0 Å². The van der Waals surface area contributed by atoms with Crippen molar-refractivity contribution in [3.63, 3.8) is 0 Å². The Bertz CT molecular complexity index is 335. The first-order valence-electron chi connectivity index (χ1n) is 4.27. The van der Waals surface area contributed by atoms with Crippen LogP contribution in [0.5, 0.6) is 0 Å². The Hall–Kier alpha value is -1.94. The van der Waals surface area contributed by atoms with Gasteiger partial charge < -0.3 is 10.2 Å². The van der Waals surface area contributed by atoms with E-state index in [-0.39, 0.29) is 12.8 Å². The van der Waals surface area contributed by atoms with E-state index in [1.807, 2.05) is 0 Å².